The standard InChI is InChI=1S/C17H25FN2O3/c1-19(2)10-4-11-20(12-9-17(22)23-3)16(21)13-14-5-7-15(18)8-6-14/h5-8H,4,9-13H2,1-3H3. The first-order valence-corrected chi connectivity index (χ1v) is 7.66. The number of halogens is 1. The van der Waals surface area contributed by atoms with Gasteiger partial charge in [0.2, 0.25) is 5.91 Å². The Bertz CT molecular complexity index is 503. The third-order valence-corrected chi connectivity index (χ3v) is 3.47. The van der Waals surface area contributed by atoms with Crippen molar-refractivity contribution >= 4 is 11.9 Å². The highest BCUT2D eigenvalue weighted by molar-refractivity contribution is 5.79. The highest BCUT2D eigenvalue weighted by Crippen LogP contribution is 2.07. The first-order valence-electron chi connectivity index (χ1n) is 7.66. The average Bonchev–Trinajstić information content (AvgIpc) is 2.52. The first-order chi connectivity index (χ1) is 10.9. The monoisotopic (exact) mass is 324 g/mol. The number of hydrogen-bond acceptors (Lipinski definition) is 4. The predicted octanol–water partition coefficient (Wildman–Crippen LogP) is 1.71. The maximum Gasteiger partial charge on any atom is 0.307 e. The third-order valence-electron chi connectivity index (χ3n) is 3.47. The molecule has 0 bridgehead atoms. The normalized spacial score (nSPS) is 10.7. The molecule has 0 N–H and O–H groups in total. The molecule has 0 heterocycles. The quantitative estimate of drug-likeness (QED) is 0.649. The van der Waals surface area contributed by atoms with E-state index in [9.17, 15) is 14.0 Å². The number of ether oxygens (including phenoxy) is 1. The van der Waals surface area contributed by atoms with Gasteiger partial charge < -0.3 is 14.5 Å². The van der Waals surface area contributed by atoms with Gasteiger partial charge in [-0.05, 0) is 44.8 Å². The molecule has 0 aliphatic rings. The van der Waals surface area contributed by atoms with Gasteiger partial charge in [-0.15, -0.1) is 0 Å². The number of hydrogen-bond donors (Lipinski definition) is 0. The van der Waals surface area contributed by atoms with Gasteiger partial charge in [0.25, 0.3) is 0 Å². The van der Waals surface area contributed by atoms with Crippen molar-refractivity contribution in [3.05, 3.63) is 35.6 Å². The zero-order valence-electron chi connectivity index (χ0n) is 14.0. The van der Waals surface area contributed by atoms with E-state index in [1.54, 1.807) is 17.0 Å². The number of amides is 1. The molecule has 0 aliphatic carbocycles. The number of rotatable bonds is 9. The molecule has 5 nitrogen and oxygen atoms in total. The molecule has 23 heavy (non-hydrogen) atoms. The molecule has 0 atom stereocenters. The summed E-state index contributed by atoms with van der Waals surface area (Å²) in [5.74, 6) is -0.730. The minimum atomic E-state index is -0.336. The van der Waals surface area contributed by atoms with E-state index in [1.807, 2.05) is 19.0 Å². The second-order valence-corrected chi connectivity index (χ2v) is 5.67. The molecule has 1 rings (SSSR count). The summed E-state index contributed by atoms with van der Waals surface area (Å²) < 4.78 is 17.5. The molecule has 0 unspecified atom stereocenters. The van der Waals surface area contributed by atoms with E-state index >= 15 is 0 Å². The zero-order chi connectivity index (χ0) is 17.2. The number of esters is 1. The van der Waals surface area contributed by atoms with Crippen molar-refractivity contribution in [2.45, 2.75) is 19.3 Å². The molecule has 0 saturated heterocycles. The van der Waals surface area contributed by atoms with Crippen molar-refractivity contribution in [1.29, 1.82) is 0 Å². The molecule has 0 saturated carbocycles. The van der Waals surface area contributed by atoms with E-state index in [2.05, 4.69) is 4.74 Å². The van der Waals surface area contributed by atoms with E-state index in [-0.39, 0.29) is 30.5 Å². The summed E-state index contributed by atoms with van der Waals surface area (Å²) in [4.78, 5) is 27.5. The lowest BCUT2D eigenvalue weighted by molar-refractivity contribution is -0.141. The van der Waals surface area contributed by atoms with Crippen LogP contribution in [0.15, 0.2) is 24.3 Å². The minimum absolute atomic E-state index is 0.0701. The van der Waals surface area contributed by atoms with Crippen LogP contribution in [0, 0.1) is 5.82 Å². The summed E-state index contributed by atoms with van der Waals surface area (Å²) >= 11 is 0. The van der Waals surface area contributed by atoms with Crippen molar-refractivity contribution in [2.24, 2.45) is 0 Å². The predicted molar refractivity (Wildman–Crippen MR) is 86.5 cm³/mol. The van der Waals surface area contributed by atoms with Gasteiger partial charge in [-0.2, -0.15) is 0 Å². The lowest BCUT2D eigenvalue weighted by atomic mass is 10.1. The van der Waals surface area contributed by atoms with Gasteiger partial charge in [0.1, 0.15) is 5.82 Å². The van der Waals surface area contributed by atoms with Crippen LogP contribution < -0.4 is 0 Å². The second kappa shape index (κ2) is 9.94. The number of carbonyl (C=O) groups is 2. The van der Waals surface area contributed by atoms with Crippen molar-refractivity contribution in [3.8, 4) is 0 Å². The Labute approximate surface area is 137 Å². The maximum absolute atomic E-state index is 12.9. The van der Waals surface area contributed by atoms with Crippen LogP contribution in [0.5, 0.6) is 0 Å². The molecule has 0 aliphatic heterocycles. The molecule has 1 amide bonds. The molecule has 128 valence electrons. The lowest BCUT2D eigenvalue weighted by Crippen LogP contribution is -2.36. The molecular weight excluding hydrogens is 299 g/mol. The Morgan fingerprint density at radius 1 is 1.09 bits per heavy atom. The molecular formula is C17H25FN2O3. The molecule has 0 spiro atoms. The molecule has 6 heteroatoms. The topological polar surface area (TPSA) is 49.9 Å². The van der Waals surface area contributed by atoms with Crippen LogP contribution >= 0.6 is 0 Å². The van der Waals surface area contributed by atoms with Gasteiger partial charge in [0, 0.05) is 13.1 Å². The van der Waals surface area contributed by atoms with E-state index in [1.165, 1.54) is 19.2 Å². The number of methoxy groups -OCH3 is 1. The van der Waals surface area contributed by atoms with Crippen LogP contribution in [0.4, 0.5) is 4.39 Å². The zero-order valence-corrected chi connectivity index (χ0v) is 14.0. The van der Waals surface area contributed by atoms with Gasteiger partial charge in [0.05, 0.1) is 20.0 Å². The van der Waals surface area contributed by atoms with Crippen LogP contribution in [0.1, 0.15) is 18.4 Å². The maximum atomic E-state index is 12.9. The molecule has 1 aromatic carbocycles. The number of nitrogens with zero attached hydrogens (tertiary/aromatic N) is 2. The summed E-state index contributed by atoms with van der Waals surface area (Å²) in [6, 6.07) is 5.89. The summed E-state index contributed by atoms with van der Waals surface area (Å²) in [6.07, 6.45) is 1.19. The van der Waals surface area contributed by atoms with Crippen molar-refractivity contribution in [3.63, 3.8) is 0 Å². The second-order valence-electron chi connectivity index (χ2n) is 5.67. The highest BCUT2D eigenvalue weighted by Gasteiger charge is 2.15. The Hall–Kier alpha value is -1.95. The van der Waals surface area contributed by atoms with Crippen LogP contribution in [0.2, 0.25) is 0 Å². The van der Waals surface area contributed by atoms with Crippen LogP contribution in [-0.2, 0) is 20.7 Å². The Morgan fingerprint density at radius 3 is 2.30 bits per heavy atom. The fourth-order valence-electron chi connectivity index (χ4n) is 2.16. The summed E-state index contributed by atoms with van der Waals surface area (Å²) in [5, 5.41) is 0. The molecule has 0 aromatic heterocycles. The van der Waals surface area contributed by atoms with Crippen molar-refractivity contribution in [2.75, 3.05) is 40.8 Å². The van der Waals surface area contributed by atoms with Gasteiger partial charge in [-0.3, -0.25) is 9.59 Å². The Kier molecular flexibility index (Phi) is 8.26. The minimum Gasteiger partial charge on any atom is -0.469 e. The number of benzene rings is 1. The van der Waals surface area contributed by atoms with Crippen molar-refractivity contribution < 1.29 is 18.7 Å². The lowest BCUT2D eigenvalue weighted by Gasteiger charge is -2.23. The number of carbonyl (C=O) groups excluding carboxylic acids is 2. The smallest absolute Gasteiger partial charge is 0.307 e. The molecule has 1 aromatic rings. The Balaban J connectivity index is 2.61. The summed E-state index contributed by atoms with van der Waals surface area (Å²) in [5.41, 5.74) is 0.757. The van der Waals surface area contributed by atoms with Gasteiger partial charge in [-0.1, -0.05) is 12.1 Å². The van der Waals surface area contributed by atoms with Crippen LogP contribution in [-0.4, -0.2) is 62.5 Å². The fourth-order valence-corrected chi connectivity index (χ4v) is 2.16. The molecule has 0 radical (unpaired) electrons. The summed E-state index contributed by atoms with van der Waals surface area (Å²) in [7, 11) is 5.28. The highest BCUT2D eigenvalue weighted by atomic mass is 19.1. The van der Waals surface area contributed by atoms with Gasteiger partial charge in [-0.25, -0.2) is 4.39 Å². The van der Waals surface area contributed by atoms with Crippen molar-refractivity contribution in [1.82, 2.24) is 9.80 Å². The molecule has 0 fully saturated rings. The Morgan fingerprint density at radius 2 is 1.74 bits per heavy atom. The first kappa shape index (κ1) is 19.1. The van der Waals surface area contributed by atoms with Crippen LogP contribution in [0.3, 0.4) is 0 Å². The van der Waals surface area contributed by atoms with E-state index in [0.29, 0.717) is 13.1 Å². The fraction of sp³-hybridized carbons (Fsp3) is 0.529. The largest absolute Gasteiger partial charge is 0.469 e. The van der Waals surface area contributed by atoms with Gasteiger partial charge >= 0.3 is 5.97 Å². The third kappa shape index (κ3) is 7.74. The van der Waals surface area contributed by atoms with Crippen LogP contribution in [0.25, 0.3) is 0 Å². The van der Waals surface area contributed by atoms with Gasteiger partial charge in [0.15, 0.2) is 0 Å². The SMILES string of the molecule is COC(=O)CCN(CCCN(C)C)C(=O)Cc1ccc(F)cc1. The van der Waals surface area contributed by atoms with E-state index in [0.717, 1.165) is 18.5 Å². The van der Waals surface area contributed by atoms with E-state index < -0.39 is 0 Å². The summed E-state index contributed by atoms with van der Waals surface area (Å²) in [6.45, 7) is 1.77. The van der Waals surface area contributed by atoms with E-state index in [4.69, 9.17) is 0 Å². The average molecular weight is 324 g/mol.